The van der Waals surface area contributed by atoms with Gasteiger partial charge in [0, 0.05) is 6.54 Å². The van der Waals surface area contributed by atoms with Crippen molar-refractivity contribution in [3.8, 4) is 0 Å². The van der Waals surface area contributed by atoms with Crippen LogP contribution in [0.1, 0.15) is 78.7 Å². The third kappa shape index (κ3) is 11.6. The Morgan fingerprint density at radius 2 is 1.47 bits per heavy atom. The molecule has 1 aromatic carbocycles. The quantitative estimate of drug-likeness (QED) is 0.244. The fourth-order valence-electron chi connectivity index (χ4n) is 3.53. The van der Waals surface area contributed by atoms with Crippen molar-refractivity contribution in [2.24, 2.45) is 11.8 Å². The van der Waals surface area contributed by atoms with E-state index in [1.807, 2.05) is 58.0 Å². The third-order valence-corrected chi connectivity index (χ3v) is 5.54. The number of hydrogen-bond acceptors (Lipinski definition) is 4. The van der Waals surface area contributed by atoms with Crippen molar-refractivity contribution in [1.29, 1.82) is 0 Å². The van der Waals surface area contributed by atoms with Crippen LogP contribution in [-0.2, 0) is 20.9 Å². The molecule has 32 heavy (non-hydrogen) atoms. The van der Waals surface area contributed by atoms with Gasteiger partial charge in [0.05, 0.1) is 19.4 Å². The van der Waals surface area contributed by atoms with Crippen molar-refractivity contribution in [1.82, 2.24) is 16.0 Å². The van der Waals surface area contributed by atoms with Crippen molar-refractivity contribution < 1.29 is 14.3 Å². The van der Waals surface area contributed by atoms with Crippen LogP contribution >= 0.6 is 0 Å². The van der Waals surface area contributed by atoms with Gasteiger partial charge in [-0.25, -0.2) is 0 Å². The highest BCUT2D eigenvalue weighted by Crippen LogP contribution is 2.08. The Bertz CT molecular complexity index is 634. The number of benzene rings is 1. The molecule has 0 aromatic heterocycles. The summed E-state index contributed by atoms with van der Waals surface area (Å²) >= 11 is 0. The van der Waals surface area contributed by atoms with Crippen molar-refractivity contribution in [2.75, 3.05) is 13.3 Å². The lowest BCUT2D eigenvalue weighted by atomic mass is 10.00. The second-order valence-electron chi connectivity index (χ2n) is 9.19. The van der Waals surface area contributed by atoms with E-state index in [9.17, 15) is 9.59 Å². The number of carbonyl (C=O) groups is 2. The molecule has 0 saturated heterocycles. The van der Waals surface area contributed by atoms with Crippen LogP contribution < -0.4 is 16.0 Å². The molecule has 0 spiro atoms. The van der Waals surface area contributed by atoms with Crippen molar-refractivity contribution >= 4 is 11.8 Å². The zero-order valence-corrected chi connectivity index (χ0v) is 20.8. The van der Waals surface area contributed by atoms with E-state index in [2.05, 4.69) is 22.9 Å². The highest BCUT2D eigenvalue weighted by atomic mass is 16.5. The maximum atomic E-state index is 12.9. The van der Waals surface area contributed by atoms with Crippen LogP contribution in [0.25, 0.3) is 0 Å². The lowest BCUT2D eigenvalue weighted by molar-refractivity contribution is -0.132. The van der Waals surface area contributed by atoms with Gasteiger partial charge in [-0.2, -0.15) is 0 Å². The SMILES string of the molecule is CCCCCCCCNC(=O)[C@@H](NC(=O)[C@@H](NCOCc1ccccc1)C(C)C)C(C)C. The molecule has 0 unspecified atom stereocenters. The molecule has 182 valence electrons. The Hall–Kier alpha value is -1.92. The highest BCUT2D eigenvalue weighted by molar-refractivity contribution is 5.90. The van der Waals surface area contributed by atoms with E-state index in [4.69, 9.17) is 4.74 Å². The predicted molar refractivity (Wildman–Crippen MR) is 131 cm³/mol. The van der Waals surface area contributed by atoms with Gasteiger partial charge in [0.25, 0.3) is 0 Å². The maximum Gasteiger partial charge on any atom is 0.242 e. The molecule has 0 aliphatic heterocycles. The minimum Gasteiger partial charge on any atom is -0.362 e. The van der Waals surface area contributed by atoms with Crippen LogP contribution in [0.2, 0.25) is 0 Å². The van der Waals surface area contributed by atoms with Gasteiger partial charge in [-0.05, 0) is 23.8 Å². The topological polar surface area (TPSA) is 79.5 Å². The van der Waals surface area contributed by atoms with E-state index in [0.29, 0.717) is 13.2 Å². The summed E-state index contributed by atoms with van der Waals surface area (Å²) in [4.78, 5) is 25.6. The molecule has 1 rings (SSSR count). The van der Waals surface area contributed by atoms with Gasteiger partial charge in [-0.3, -0.25) is 14.9 Å². The third-order valence-electron chi connectivity index (χ3n) is 5.54. The first-order chi connectivity index (χ1) is 15.4. The number of amides is 2. The fourth-order valence-corrected chi connectivity index (χ4v) is 3.53. The molecule has 0 saturated carbocycles. The molecule has 6 heteroatoms. The standard InChI is InChI=1S/C26H45N3O3/c1-6-7-8-9-10-14-17-27-25(30)24(21(4)5)29-26(31)23(20(2)3)28-19-32-18-22-15-12-11-13-16-22/h11-13,15-16,20-21,23-24,28H,6-10,14,17-19H2,1-5H3,(H,27,30)(H,29,31)/t23-,24-/m0/s1. The molecule has 0 aliphatic carbocycles. The number of hydrogen-bond donors (Lipinski definition) is 3. The van der Waals surface area contributed by atoms with Crippen LogP contribution in [0.5, 0.6) is 0 Å². The second kappa shape index (κ2) is 16.7. The van der Waals surface area contributed by atoms with E-state index >= 15 is 0 Å². The molecule has 0 aliphatic rings. The van der Waals surface area contributed by atoms with E-state index in [1.54, 1.807) is 0 Å². The Labute approximate surface area is 195 Å². The summed E-state index contributed by atoms with van der Waals surface area (Å²) in [6.45, 7) is 11.5. The Kier molecular flexibility index (Phi) is 14.7. The summed E-state index contributed by atoms with van der Waals surface area (Å²) in [5.41, 5.74) is 1.08. The second-order valence-corrected chi connectivity index (χ2v) is 9.19. The zero-order chi connectivity index (χ0) is 23.8. The van der Waals surface area contributed by atoms with Gasteiger partial charge in [0.15, 0.2) is 0 Å². The molecule has 2 atom stereocenters. The van der Waals surface area contributed by atoms with Gasteiger partial charge >= 0.3 is 0 Å². The van der Waals surface area contributed by atoms with Gasteiger partial charge < -0.3 is 15.4 Å². The average Bonchev–Trinajstić information content (AvgIpc) is 2.76. The first kappa shape index (κ1) is 28.1. The summed E-state index contributed by atoms with van der Waals surface area (Å²) < 4.78 is 5.68. The van der Waals surface area contributed by atoms with Gasteiger partial charge in [0.1, 0.15) is 6.04 Å². The molecule has 6 nitrogen and oxygen atoms in total. The van der Waals surface area contributed by atoms with Crippen molar-refractivity contribution in [2.45, 2.75) is 91.8 Å². The number of rotatable bonds is 17. The van der Waals surface area contributed by atoms with Crippen molar-refractivity contribution in [3.05, 3.63) is 35.9 Å². The smallest absolute Gasteiger partial charge is 0.242 e. The monoisotopic (exact) mass is 447 g/mol. The number of ether oxygens (including phenoxy) is 1. The first-order valence-electron chi connectivity index (χ1n) is 12.3. The highest BCUT2D eigenvalue weighted by Gasteiger charge is 2.29. The Morgan fingerprint density at radius 3 is 2.09 bits per heavy atom. The van der Waals surface area contributed by atoms with E-state index in [-0.39, 0.29) is 30.4 Å². The van der Waals surface area contributed by atoms with E-state index in [0.717, 1.165) is 18.4 Å². The largest absolute Gasteiger partial charge is 0.362 e. The predicted octanol–water partition coefficient (Wildman–Crippen LogP) is 4.39. The summed E-state index contributed by atoms with van der Waals surface area (Å²) in [5, 5.41) is 9.14. The van der Waals surface area contributed by atoms with Crippen LogP contribution in [0.4, 0.5) is 0 Å². The van der Waals surface area contributed by atoms with Crippen LogP contribution in [-0.4, -0.2) is 37.2 Å². The molecule has 0 radical (unpaired) electrons. The van der Waals surface area contributed by atoms with Crippen LogP contribution in [0, 0.1) is 11.8 Å². The van der Waals surface area contributed by atoms with Gasteiger partial charge in [-0.15, -0.1) is 0 Å². The molecule has 2 amide bonds. The normalized spacial score (nSPS) is 13.2. The van der Waals surface area contributed by atoms with Crippen molar-refractivity contribution in [3.63, 3.8) is 0 Å². The Balaban J connectivity index is 2.45. The summed E-state index contributed by atoms with van der Waals surface area (Å²) in [6, 6.07) is 8.94. The molecule has 0 fully saturated rings. The molecular formula is C26H45N3O3. The summed E-state index contributed by atoms with van der Waals surface area (Å²) in [7, 11) is 0. The maximum absolute atomic E-state index is 12.9. The molecule has 0 bridgehead atoms. The van der Waals surface area contributed by atoms with Gasteiger partial charge in [0.2, 0.25) is 11.8 Å². The minimum atomic E-state index is -0.545. The lowest BCUT2D eigenvalue weighted by Gasteiger charge is -2.27. The van der Waals surface area contributed by atoms with Gasteiger partial charge in [-0.1, -0.05) is 97.1 Å². The van der Waals surface area contributed by atoms with Crippen LogP contribution in [0.3, 0.4) is 0 Å². The number of nitrogens with one attached hydrogen (secondary N) is 3. The molecular weight excluding hydrogens is 402 g/mol. The average molecular weight is 448 g/mol. The minimum absolute atomic E-state index is 0.00523. The van der Waals surface area contributed by atoms with E-state index in [1.165, 1.54) is 25.7 Å². The van der Waals surface area contributed by atoms with E-state index < -0.39 is 12.1 Å². The number of carbonyl (C=O) groups excluding carboxylic acids is 2. The first-order valence-corrected chi connectivity index (χ1v) is 12.3. The fraction of sp³-hybridized carbons (Fsp3) is 0.692. The Morgan fingerprint density at radius 1 is 0.844 bits per heavy atom. The molecule has 3 N–H and O–H groups in total. The van der Waals surface area contributed by atoms with Crippen LogP contribution in [0.15, 0.2) is 30.3 Å². The summed E-state index contributed by atoms with van der Waals surface area (Å²) in [6.07, 6.45) is 7.08. The lowest BCUT2D eigenvalue weighted by Crippen LogP contribution is -2.56. The molecule has 0 heterocycles. The molecule has 1 aromatic rings. The number of unbranched alkanes of at least 4 members (excludes halogenated alkanes) is 5. The summed E-state index contributed by atoms with van der Waals surface area (Å²) in [5.74, 6) is -0.207. The zero-order valence-electron chi connectivity index (χ0n) is 20.8.